The summed E-state index contributed by atoms with van der Waals surface area (Å²) in [6, 6.07) is 7.83. The summed E-state index contributed by atoms with van der Waals surface area (Å²) in [5.74, 6) is 8.33. The first-order valence-corrected chi connectivity index (χ1v) is 8.31. The van der Waals surface area contributed by atoms with Crippen LogP contribution in [0.4, 0.5) is 4.39 Å². The Balaban J connectivity index is 1.27. The van der Waals surface area contributed by atoms with E-state index in [2.05, 4.69) is 5.32 Å². The maximum Gasteiger partial charge on any atom is 0.123 e. The fourth-order valence-corrected chi connectivity index (χ4v) is 7.63. The van der Waals surface area contributed by atoms with Gasteiger partial charge in [0.25, 0.3) is 0 Å². The molecule has 1 aromatic carbocycles. The molecule has 0 heterocycles. The van der Waals surface area contributed by atoms with Gasteiger partial charge in [0.15, 0.2) is 0 Å². The van der Waals surface area contributed by atoms with Crippen LogP contribution >= 0.6 is 0 Å². The Morgan fingerprint density at radius 1 is 0.950 bits per heavy atom. The number of hydrogen-bond donors (Lipinski definition) is 1. The molecule has 104 valence electrons. The summed E-state index contributed by atoms with van der Waals surface area (Å²) < 4.78 is 13.3. The van der Waals surface area contributed by atoms with Crippen molar-refractivity contribution in [3.8, 4) is 0 Å². The van der Waals surface area contributed by atoms with Crippen LogP contribution < -0.4 is 5.32 Å². The maximum atomic E-state index is 13.3. The second-order valence-corrected chi connectivity index (χ2v) is 7.97. The molecule has 2 bridgehead atoms. The van der Waals surface area contributed by atoms with Crippen molar-refractivity contribution in [2.75, 3.05) is 0 Å². The van der Waals surface area contributed by atoms with Gasteiger partial charge in [-0.05, 0) is 77.9 Å². The molecule has 0 amide bonds. The normalized spacial score (nSPS) is 55.8. The van der Waals surface area contributed by atoms with Crippen molar-refractivity contribution in [1.29, 1.82) is 0 Å². The third-order valence-electron chi connectivity index (χ3n) is 7.75. The zero-order valence-electron chi connectivity index (χ0n) is 11.5. The largest absolute Gasteiger partial charge is 0.309 e. The molecule has 8 unspecified atom stereocenters. The van der Waals surface area contributed by atoms with Crippen LogP contribution in [0.25, 0.3) is 0 Å². The Bertz CT molecular complexity index is 593. The van der Waals surface area contributed by atoms with Gasteiger partial charge < -0.3 is 5.32 Å². The highest BCUT2D eigenvalue weighted by Gasteiger charge is 2.80. The van der Waals surface area contributed by atoms with Crippen LogP contribution in [0.3, 0.4) is 0 Å². The van der Waals surface area contributed by atoms with Crippen molar-refractivity contribution in [3.63, 3.8) is 0 Å². The van der Waals surface area contributed by atoms with Crippen LogP contribution in [0.5, 0.6) is 0 Å². The molecule has 9 atom stereocenters. The van der Waals surface area contributed by atoms with E-state index >= 15 is 0 Å². The molecule has 1 N–H and O–H groups in total. The van der Waals surface area contributed by atoms with E-state index in [1.54, 1.807) is 18.9 Å². The van der Waals surface area contributed by atoms with Crippen LogP contribution in [0.1, 0.15) is 18.4 Å². The molecule has 0 spiro atoms. The zero-order valence-corrected chi connectivity index (χ0v) is 11.5. The lowest BCUT2D eigenvalue weighted by Gasteiger charge is -2.48. The standard InChI is InChI=1S/C18H20FN/c19-9-3-1-2-8(4-9)7-20-18-15-11-6-12-14-10(11)5-13(15)16(14)17(12)18/h1-4,10-18,20H,5-7H2/t10?,11?,12?,13?,14?,15?,16?,17?,18-/m0/s1. The van der Waals surface area contributed by atoms with E-state index in [0.29, 0.717) is 0 Å². The molecule has 5 fully saturated rings. The van der Waals surface area contributed by atoms with E-state index in [1.165, 1.54) is 6.07 Å². The lowest BCUT2D eigenvalue weighted by molar-refractivity contribution is 0.00939. The summed E-state index contributed by atoms with van der Waals surface area (Å²) in [7, 11) is 0. The number of benzene rings is 1. The first-order chi connectivity index (χ1) is 9.83. The van der Waals surface area contributed by atoms with Gasteiger partial charge in [-0.3, -0.25) is 0 Å². The van der Waals surface area contributed by atoms with Crippen LogP contribution in [-0.2, 0) is 6.54 Å². The van der Waals surface area contributed by atoms with Crippen molar-refractivity contribution in [2.24, 2.45) is 47.3 Å². The number of fused-ring (bicyclic) bond motifs is 2. The van der Waals surface area contributed by atoms with Gasteiger partial charge >= 0.3 is 0 Å². The van der Waals surface area contributed by atoms with Gasteiger partial charge in [-0.1, -0.05) is 12.1 Å². The molecular formula is C18H20FN. The van der Waals surface area contributed by atoms with Gasteiger partial charge in [0.1, 0.15) is 5.82 Å². The van der Waals surface area contributed by atoms with E-state index < -0.39 is 0 Å². The second-order valence-electron chi connectivity index (χ2n) is 7.97. The summed E-state index contributed by atoms with van der Waals surface area (Å²) >= 11 is 0. The third kappa shape index (κ3) is 1.02. The predicted octanol–water partition coefficient (Wildman–Crippen LogP) is 3.06. The van der Waals surface area contributed by atoms with Crippen molar-refractivity contribution in [3.05, 3.63) is 35.6 Å². The molecule has 20 heavy (non-hydrogen) atoms. The van der Waals surface area contributed by atoms with E-state index in [0.717, 1.165) is 65.5 Å². The summed E-state index contributed by atoms with van der Waals surface area (Å²) in [5.41, 5.74) is 1.10. The fourth-order valence-electron chi connectivity index (χ4n) is 7.63. The highest BCUT2D eigenvalue weighted by molar-refractivity contribution is 5.29. The maximum absolute atomic E-state index is 13.3. The summed E-state index contributed by atoms with van der Waals surface area (Å²) in [4.78, 5) is 0. The minimum atomic E-state index is -0.108. The highest BCUT2D eigenvalue weighted by Crippen LogP contribution is 2.82. The lowest BCUT2D eigenvalue weighted by atomic mass is 9.59. The van der Waals surface area contributed by atoms with Crippen molar-refractivity contribution >= 4 is 0 Å². The molecule has 6 rings (SSSR count). The molecule has 0 saturated heterocycles. The smallest absolute Gasteiger partial charge is 0.123 e. The third-order valence-corrected chi connectivity index (χ3v) is 7.75. The van der Waals surface area contributed by atoms with Gasteiger partial charge in [0, 0.05) is 12.6 Å². The average molecular weight is 269 g/mol. The number of rotatable bonds is 3. The quantitative estimate of drug-likeness (QED) is 0.889. The lowest BCUT2D eigenvalue weighted by Crippen LogP contribution is -2.51. The molecule has 5 aliphatic carbocycles. The monoisotopic (exact) mass is 269 g/mol. The summed E-state index contributed by atoms with van der Waals surface area (Å²) in [5, 5.41) is 3.84. The number of halogens is 1. The van der Waals surface area contributed by atoms with Crippen LogP contribution in [0, 0.1) is 53.2 Å². The van der Waals surface area contributed by atoms with Gasteiger partial charge in [-0.25, -0.2) is 4.39 Å². The Labute approximate surface area is 118 Å². The molecule has 5 aliphatic rings. The van der Waals surface area contributed by atoms with Crippen molar-refractivity contribution in [1.82, 2.24) is 5.32 Å². The minimum absolute atomic E-state index is 0.108. The number of hydrogen-bond acceptors (Lipinski definition) is 1. The molecule has 1 nitrogen and oxygen atoms in total. The Morgan fingerprint density at radius 2 is 1.75 bits per heavy atom. The van der Waals surface area contributed by atoms with Crippen LogP contribution in [0.2, 0.25) is 0 Å². The van der Waals surface area contributed by atoms with Gasteiger partial charge in [-0.15, -0.1) is 0 Å². The molecular weight excluding hydrogens is 249 g/mol. The Hall–Kier alpha value is -0.890. The zero-order chi connectivity index (χ0) is 13.0. The molecule has 5 saturated carbocycles. The topological polar surface area (TPSA) is 12.0 Å². The first kappa shape index (κ1) is 10.8. The molecule has 0 aliphatic heterocycles. The summed E-state index contributed by atoms with van der Waals surface area (Å²) in [6.07, 6.45) is 3.10. The Morgan fingerprint density at radius 3 is 2.60 bits per heavy atom. The average Bonchev–Trinajstić information content (AvgIpc) is 2.95. The second kappa shape index (κ2) is 3.30. The minimum Gasteiger partial charge on any atom is -0.309 e. The van der Waals surface area contributed by atoms with Crippen molar-refractivity contribution < 1.29 is 4.39 Å². The van der Waals surface area contributed by atoms with Crippen LogP contribution in [0.15, 0.2) is 24.3 Å². The summed E-state index contributed by atoms with van der Waals surface area (Å²) in [6.45, 7) is 0.851. The molecule has 2 heteroatoms. The van der Waals surface area contributed by atoms with E-state index in [9.17, 15) is 4.39 Å². The van der Waals surface area contributed by atoms with Gasteiger partial charge in [0.05, 0.1) is 0 Å². The van der Waals surface area contributed by atoms with Crippen molar-refractivity contribution in [2.45, 2.75) is 25.4 Å². The fraction of sp³-hybridized carbons (Fsp3) is 0.667. The Kier molecular flexibility index (Phi) is 1.78. The molecule has 0 radical (unpaired) electrons. The van der Waals surface area contributed by atoms with Gasteiger partial charge in [0.2, 0.25) is 0 Å². The van der Waals surface area contributed by atoms with E-state index in [4.69, 9.17) is 0 Å². The predicted molar refractivity (Wildman–Crippen MR) is 74.2 cm³/mol. The number of nitrogens with one attached hydrogen (secondary N) is 1. The first-order valence-electron chi connectivity index (χ1n) is 8.31. The van der Waals surface area contributed by atoms with E-state index in [-0.39, 0.29) is 5.82 Å². The highest BCUT2D eigenvalue weighted by atomic mass is 19.1. The SMILES string of the molecule is Fc1cccc(CN[C@H]2C3C4CC5C6C4CC3C6C52)c1. The van der Waals surface area contributed by atoms with E-state index in [1.807, 2.05) is 12.1 Å². The van der Waals surface area contributed by atoms with Gasteiger partial charge in [-0.2, -0.15) is 0 Å². The van der Waals surface area contributed by atoms with Crippen LogP contribution in [-0.4, -0.2) is 6.04 Å². The molecule has 0 aromatic heterocycles. The molecule has 1 aromatic rings.